The summed E-state index contributed by atoms with van der Waals surface area (Å²) in [6.07, 6.45) is 3.28. The zero-order valence-electron chi connectivity index (χ0n) is 11.2. The van der Waals surface area contributed by atoms with E-state index in [4.69, 9.17) is 16.7 Å². The van der Waals surface area contributed by atoms with E-state index in [9.17, 15) is 13.2 Å². The molecule has 0 radical (unpaired) electrons. The van der Waals surface area contributed by atoms with Crippen molar-refractivity contribution in [3.05, 3.63) is 47.0 Å². The number of imidazole rings is 1. The predicted octanol–water partition coefficient (Wildman–Crippen LogP) is 2.02. The molecule has 0 amide bonds. The number of carboxylic acids is 1. The lowest BCUT2D eigenvalue weighted by Crippen LogP contribution is -2.14. The van der Waals surface area contributed by atoms with Crippen molar-refractivity contribution in [2.75, 3.05) is 5.75 Å². The average Bonchev–Trinajstić information content (AvgIpc) is 2.82. The Bertz CT molecular complexity index is 783. The van der Waals surface area contributed by atoms with Gasteiger partial charge in [-0.05, 0) is 25.1 Å². The first-order valence-corrected chi connectivity index (χ1v) is 8.07. The Kier molecular flexibility index (Phi) is 4.34. The molecule has 0 aliphatic carbocycles. The molecule has 112 valence electrons. The molecule has 2 rings (SSSR count). The highest BCUT2D eigenvalue weighted by molar-refractivity contribution is 7.91. The normalized spacial score (nSPS) is 11.5. The van der Waals surface area contributed by atoms with Crippen LogP contribution in [0, 0.1) is 6.92 Å². The van der Waals surface area contributed by atoms with Crippen LogP contribution in [0.25, 0.3) is 0 Å². The van der Waals surface area contributed by atoms with Crippen molar-refractivity contribution < 1.29 is 18.3 Å². The van der Waals surface area contributed by atoms with E-state index in [1.54, 1.807) is 23.9 Å². The second kappa shape index (κ2) is 5.87. The number of aromatic carboxylic acids is 1. The van der Waals surface area contributed by atoms with Gasteiger partial charge < -0.3 is 9.67 Å². The SMILES string of the molecule is Cc1nccn1CCS(=O)(=O)c1ccc(Cl)c(C(=O)O)c1. The number of rotatable bonds is 5. The maximum atomic E-state index is 12.3. The highest BCUT2D eigenvalue weighted by atomic mass is 35.5. The molecule has 1 N–H and O–H groups in total. The van der Waals surface area contributed by atoms with Crippen molar-refractivity contribution in [3.8, 4) is 0 Å². The fraction of sp³-hybridized carbons (Fsp3) is 0.231. The lowest BCUT2D eigenvalue weighted by Gasteiger charge is -2.08. The zero-order chi connectivity index (χ0) is 15.6. The van der Waals surface area contributed by atoms with Crippen LogP contribution >= 0.6 is 11.6 Å². The molecule has 8 heteroatoms. The number of carboxylic acid groups (broad SMARTS) is 1. The Morgan fingerprint density at radius 3 is 2.71 bits per heavy atom. The first kappa shape index (κ1) is 15.5. The summed E-state index contributed by atoms with van der Waals surface area (Å²) in [4.78, 5) is 15.0. The van der Waals surface area contributed by atoms with Crippen LogP contribution in [-0.4, -0.2) is 34.8 Å². The van der Waals surface area contributed by atoms with Crippen molar-refractivity contribution in [1.29, 1.82) is 0 Å². The van der Waals surface area contributed by atoms with Gasteiger partial charge in [-0.1, -0.05) is 11.6 Å². The zero-order valence-corrected chi connectivity index (χ0v) is 12.7. The summed E-state index contributed by atoms with van der Waals surface area (Å²) in [7, 11) is -3.60. The van der Waals surface area contributed by atoms with E-state index in [1.165, 1.54) is 12.1 Å². The highest BCUT2D eigenvalue weighted by Gasteiger charge is 2.18. The fourth-order valence-corrected chi connectivity index (χ4v) is 3.28. The van der Waals surface area contributed by atoms with E-state index >= 15 is 0 Å². The number of carbonyl (C=O) groups is 1. The Labute approximate surface area is 126 Å². The standard InChI is InChI=1S/C13H13ClN2O4S/c1-9-15-4-5-16(9)6-7-21(19,20)10-2-3-12(14)11(8-10)13(17)18/h2-5,8H,6-7H2,1H3,(H,17,18). The number of aryl methyl sites for hydroxylation is 2. The van der Waals surface area contributed by atoms with Crippen LogP contribution in [0.2, 0.25) is 5.02 Å². The van der Waals surface area contributed by atoms with Crippen LogP contribution < -0.4 is 0 Å². The molecule has 0 saturated carbocycles. The highest BCUT2D eigenvalue weighted by Crippen LogP contribution is 2.21. The molecule has 2 aromatic rings. The number of hydrogen-bond donors (Lipinski definition) is 1. The summed E-state index contributed by atoms with van der Waals surface area (Å²) in [6.45, 7) is 2.02. The van der Waals surface area contributed by atoms with E-state index in [0.29, 0.717) is 5.82 Å². The molecule has 0 aliphatic rings. The number of sulfone groups is 1. The molecule has 1 aromatic heterocycles. The smallest absolute Gasteiger partial charge is 0.337 e. The molecule has 1 heterocycles. The van der Waals surface area contributed by atoms with E-state index in [-0.39, 0.29) is 27.8 Å². The largest absolute Gasteiger partial charge is 0.478 e. The van der Waals surface area contributed by atoms with Gasteiger partial charge in [0.05, 0.1) is 21.2 Å². The Morgan fingerprint density at radius 2 is 2.14 bits per heavy atom. The van der Waals surface area contributed by atoms with E-state index < -0.39 is 15.8 Å². The summed E-state index contributed by atoms with van der Waals surface area (Å²) in [5.74, 6) is -0.694. The third-order valence-corrected chi connectivity index (χ3v) is 5.07. The molecule has 0 bridgehead atoms. The van der Waals surface area contributed by atoms with Crippen LogP contribution in [0.5, 0.6) is 0 Å². The molecule has 1 aromatic carbocycles. The molecule has 0 fully saturated rings. The monoisotopic (exact) mass is 328 g/mol. The summed E-state index contributed by atoms with van der Waals surface area (Å²) in [5.41, 5.74) is -0.225. The number of halogens is 1. The number of benzene rings is 1. The number of nitrogens with zero attached hydrogens (tertiary/aromatic N) is 2. The van der Waals surface area contributed by atoms with Crippen molar-refractivity contribution >= 4 is 27.4 Å². The van der Waals surface area contributed by atoms with Crippen LogP contribution in [0.3, 0.4) is 0 Å². The topological polar surface area (TPSA) is 89.3 Å². The molecule has 6 nitrogen and oxygen atoms in total. The minimum absolute atomic E-state index is 0.00639. The molecule has 0 spiro atoms. The van der Waals surface area contributed by atoms with Crippen LogP contribution in [-0.2, 0) is 16.4 Å². The van der Waals surface area contributed by atoms with Gasteiger partial charge in [0.25, 0.3) is 0 Å². The van der Waals surface area contributed by atoms with E-state index in [2.05, 4.69) is 4.98 Å². The predicted molar refractivity (Wildman–Crippen MR) is 77.4 cm³/mol. The number of hydrogen-bond acceptors (Lipinski definition) is 4. The van der Waals surface area contributed by atoms with Crippen LogP contribution in [0.15, 0.2) is 35.5 Å². The Hall–Kier alpha value is -1.86. The molecule has 21 heavy (non-hydrogen) atoms. The summed E-state index contributed by atoms with van der Waals surface area (Å²) in [5, 5.41) is 8.99. The first-order chi connectivity index (χ1) is 9.81. The van der Waals surface area contributed by atoms with Gasteiger partial charge in [0.15, 0.2) is 9.84 Å². The van der Waals surface area contributed by atoms with Gasteiger partial charge in [-0.2, -0.15) is 0 Å². The average molecular weight is 329 g/mol. The van der Waals surface area contributed by atoms with Crippen LogP contribution in [0.4, 0.5) is 0 Å². The molecule has 0 saturated heterocycles. The summed E-state index contributed by atoms with van der Waals surface area (Å²) in [6, 6.07) is 3.67. The lowest BCUT2D eigenvalue weighted by atomic mass is 10.2. The van der Waals surface area contributed by atoms with Gasteiger partial charge >= 0.3 is 5.97 Å². The van der Waals surface area contributed by atoms with Crippen molar-refractivity contribution in [3.63, 3.8) is 0 Å². The number of aromatic nitrogens is 2. The maximum Gasteiger partial charge on any atom is 0.337 e. The maximum absolute atomic E-state index is 12.3. The van der Waals surface area contributed by atoms with E-state index in [1.807, 2.05) is 0 Å². The summed E-state index contributed by atoms with van der Waals surface area (Å²) >= 11 is 5.73. The molecule has 0 atom stereocenters. The van der Waals surface area contributed by atoms with Crippen molar-refractivity contribution in [2.24, 2.45) is 0 Å². The molecular weight excluding hydrogens is 316 g/mol. The van der Waals surface area contributed by atoms with Gasteiger partial charge in [-0.25, -0.2) is 18.2 Å². The van der Waals surface area contributed by atoms with Crippen molar-refractivity contribution in [1.82, 2.24) is 9.55 Å². The minimum Gasteiger partial charge on any atom is -0.478 e. The second-order valence-electron chi connectivity index (χ2n) is 4.43. The second-order valence-corrected chi connectivity index (χ2v) is 6.95. The Morgan fingerprint density at radius 1 is 1.43 bits per heavy atom. The third kappa shape index (κ3) is 3.43. The quantitative estimate of drug-likeness (QED) is 0.907. The lowest BCUT2D eigenvalue weighted by molar-refractivity contribution is 0.0697. The third-order valence-electron chi connectivity index (χ3n) is 3.05. The molecule has 0 aliphatic heterocycles. The molecule has 0 unspecified atom stereocenters. The van der Waals surface area contributed by atoms with E-state index in [0.717, 1.165) is 6.07 Å². The first-order valence-electron chi connectivity index (χ1n) is 6.04. The van der Waals surface area contributed by atoms with Gasteiger partial charge in [-0.3, -0.25) is 0 Å². The Balaban J connectivity index is 2.26. The van der Waals surface area contributed by atoms with Gasteiger partial charge in [0, 0.05) is 18.9 Å². The minimum atomic E-state index is -3.60. The van der Waals surface area contributed by atoms with Gasteiger partial charge in [-0.15, -0.1) is 0 Å². The molecular formula is C13H13ClN2O4S. The van der Waals surface area contributed by atoms with Crippen molar-refractivity contribution in [2.45, 2.75) is 18.4 Å². The van der Waals surface area contributed by atoms with Gasteiger partial charge in [0.2, 0.25) is 0 Å². The summed E-state index contributed by atoms with van der Waals surface area (Å²) < 4.78 is 26.2. The van der Waals surface area contributed by atoms with Crippen LogP contribution in [0.1, 0.15) is 16.2 Å². The van der Waals surface area contributed by atoms with Gasteiger partial charge in [0.1, 0.15) is 5.82 Å². The fourth-order valence-electron chi connectivity index (χ4n) is 1.84.